The van der Waals surface area contributed by atoms with Crippen molar-refractivity contribution >= 4 is 23.1 Å². The molecule has 4 heteroatoms. The maximum atomic E-state index is 4.83. The predicted molar refractivity (Wildman–Crippen MR) is 27.9 cm³/mol. The smallest absolute Gasteiger partial charge is 1.00 e. The summed E-state index contributed by atoms with van der Waals surface area (Å²) in [6, 6.07) is 0. The molecule has 0 aliphatic heterocycles. The van der Waals surface area contributed by atoms with Crippen molar-refractivity contribution in [1.29, 1.82) is 0 Å². The van der Waals surface area contributed by atoms with Crippen LogP contribution in [0.3, 0.4) is 0 Å². The fraction of sp³-hybridized carbons (Fsp3) is 1.00. The van der Waals surface area contributed by atoms with Crippen molar-refractivity contribution in [1.82, 2.24) is 0 Å². The monoisotopic (exact) mass is 256 g/mol. The minimum atomic E-state index is 0. The van der Waals surface area contributed by atoms with Crippen LogP contribution < -0.4 is 34.0 Å². The fourth-order valence-electron chi connectivity index (χ4n) is 0.204. The molecule has 1 nitrogen and oxygen atoms in total. The van der Waals surface area contributed by atoms with Gasteiger partial charge >= 0.3 is 23.1 Å². The molecule has 0 amide bonds. The van der Waals surface area contributed by atoms with Crippen LogP contribution in [-0.2, 0) is 4.74 Å². The van der Waals surface area contributed by atoms with E-state index in [0.717, 1.165) is 13.2 Å². The van der Waals surface area contributed by atoms with Gasteiger partial charge in [0.25, 0.3) is 0 Å². The van der Waals surface area contributed by atoms with Crippen LogP contribution in [0, 0.1) is 0 Å². The molecule has 0 unspecified atom stereocenters. The third-order valence-corrected chi connectivity index (χ3v) is 0.408. The van der Waals surface area contributed by atoms with Crippen molar-refractivity contribution in [3.63, 3.8) is 0 Å². The largest absolute Gasteiger partial charge is 2.00 e. The van der Waals surface area contributed by atoms with Crippen molar-refractivity contribution in [2.75, 3.05) is 13.2 Å². The molecule has 0 aromatic rings. The summed E-state index contributed by atoms with van der Waals surface area (Å²) in [4.78, 5) is 0. The van der Waals surface area contributed by atoms with Gasteiger partial charge in [-0.25, -0.2) is 0 Å². The van der Waals surface area contributed by atoms with Gasteiger partial charge in [0.15, 0.2) is 0 Å². The van der Waals surface area contributed by atoms with Crippen LogP contribution in [0.1, 0.15) is 13.8 Å². The molecular formula is C4H10Br2MgO. The molecule has 0 aromatic carbocycles. The molecule has 0 bridgehead atoms. The van der Waals surface area contributed by atoms with E-state index in [-0.39, 0.29) is 57.0 Å². The first-order valence-electron chi connectivity index (χ1n) is 1.99. The van der Waals surface area contributed by atoms with E-state index < -0.39 is 0 Å². The number of rotatable bonds is 2. The van der Waals surface area contributed by atoms with E-state index in [4.69, 9.17) is 4.74 Å². The molecule has 0 fully saturated rings. The SMILES string of the molecule is CCOCC.[Br-].[Br-].[Mg+2]. The molecule has 0 saturated heterocycles. The van der Waals surface area contributed by atoms with Gasteiger partial charge < -0.3 is 38.7 Å². The number of hydrogen-bond donors (Lipinski definition) is 0. The van der Waals surface area contributed by atoms with Crippen LogP contribution in [0.25, 0.3) is 0 Å². The molecule has 0 aromatic heterocycles. The van der Waals surface area contributed by atoms with E-state index in [1.807, 2.05) is 13.8 Å². The molecule has 0 N–H and O–H groups in total. The van der Waals surface area contributed by atoms with Gasteiger partial charge in [0.1, 0.15) is 0 Å². The molecule has 0 rings (SSSR count). The van der Waals surface area contributed by atoms with Crippen LogP contribution in [0.4, 0.5) is 0 Å². The van der Waals surface area contributed by atoms with Gasteiger partial charge in [-0.15, -0.1) is 0 Å². The molecule has 0 atom stereocenters. The molecule has 0 heterocycles. The molecule has 8 heavy (non-hydrogen) atoms. The summed E-state index contributed by atoms with van der Waals surface area (Å²) in [5.74, 6) is 0. The number of halogens is 2. The zero-order valence-corrected chi connectivity index (χ0v) is 9.87. The first-order chi connectivity index (χ1) is 2.41. The van der Waals surface area contributed by atoms with Gasteiger partial charge in [0, 0.05) is 13.2 Å². The van der Waals surface area contributed by atoms with Crippen molar-refractivity contribution in [3.8, 4) is 0 Å². The van der Waals surface area contributed by atoms with Crippen LogP contribution in [-0.4, -0.2) is 36.3 Å². The van der Waals surface area contributed by atoms with Crippen molar-refractivity contribution < 1.29 is 38.7 Å². The van der Waals surface area contributed by atoms with E-state index in [2.05, 4.69) is 0 Å². The third kappa shape index (κ3) is 25.3. The van der Waals surface area contributed by atoms with Gasteiger partial charge in [-0.2, -0.15) is 0 Å². The first-order valence-corrected chi connectivity index (χ1v) is 1.99. The van der Waals surface area contributed by atoms with Crippen LogP contribution >= 0.6 is 0 Å². The Morgan fingerprint density at radius 2 is 1.25 bits per heavy atom. The Labute approximate surface area is 88.2 Å². The summed E-state index contributed by atoms with van der Waals surface area (Å²) in [7, 11) is 0. The second-order valence-corrected chi connectivity index (χ2v) is 0.781. The van der Waals surface area contributed by atoms with Gasteiger partial charge in [0.2, 0.25) is 0 Å². The average Bonchev–Trinajstić information content (AvgIpc) is 1.41. The fourth-order valence-corrected chi connectivity index (χ4v) is 0.204. The topological polar surface area (TPSA) is 9.23 Å². The summed E-state index contributed by atoms with van der Waals surface area (Å²) < 4.78 is 4.83. The predicted octanol–water partition coefficient (Wildman–Crippen LogP) is -5.33. The summed E-state index contributed by atoms with van der Waals surface area (Å²) in [5, 5.41) is 0. The second-order valence-electron chi connectivity index (χ2n) is 0.781. The Bertz CT molecular complexity index is 21.5. The normalized spacial score (nSPS) is 5.25. The summed E-state index contributed by atoms with van der Waals surface area (Å²) in [6.07, 6.45) is 0. The van der Waals surface area contributed by atoms with E-state index >= 15 is 0 Å². The average molecular weight is 258 g/mol. The van der Waals surface area contributed by atoms with Crippen LogP contribution in [0.2, 0.25) is 0 Å². The number of hydrogen-bond acceptors (Lipinski definition) is 1. The molecule has 0 aliphatic carbocycles. The summed E-state index contributed by atoms with van der Waals surface area (Å²) in [5.41, 5.74) is 0. The first kappa shape index (κ1) is 22.6. The Balaban J connectivity index is -0.0000000267. The number of ether oxygens (including phenoxy) is 1. The van der Waals surface area contributed by atoms with Crippen molar-refractivity contribution in [2.45, 2.75) is 13.8 Å². The van der Waals surface area contributed by atoms with Gasteiger partial charge in [-0.3, -0.25) is 0 Å². The Hall–Kier alpha value is 1.69. The minimum absolute atomic E-state index is 0. The maximum absolute atomic E-state index is 4.83. The molecule has 0 saturated carbocycles. The summed E-state index contributed by atoms with van der Waals surface area (Å²) >= 11 is 0. The van der Waals surface area contributed by atoms with Crippen molar-refractivity contribution in [2.24, 2.45) is 0 Å². The minimum Gasteiger partial charge on any atom is -1.00 e. The van der Waals surface area contributed by atoms with Gasteiger partial charge in [-0.05, 0) is 13.8 Å². The zero-order valence-electron chi connectivity index (χ0n) is 5.29. The van der Waals surface area contributed by atoms with Crippen LogP contribution in [0.15, 0.2) is 0 Å². The quantitative estimate of drug-likeness (QED) is 0.450. The molecule has 0 radical (unpaired) electrons. The maximum Gasteiger partial charge on any atom is 2.00 e. The second kappa shape index (κ2) is 23.4. The van der Waals surface area contributed by atoms with Gasteiger partial charge in [-0.1, -0.05) is 0 Å². The third-order valence-electron chi connectivity index (χ3n) is 0.408. The Kier molecular flexibility index (Phi) is 66.0. The van der Waals surface area contributed by atoms with E-state index in [9.17, 15) is 0 Å². The zero-order chi connectivity index (χ0) is 4.12. The van der Waals surface area contributed by atoms with Crippen LogP contribution in [0.5, 0.6) is 0 Å². The summed E-state index contributed by atoms with van der Waals surface area (Å²) in [6.45, 7) is 5.67. The molecular weight excluding hydrogens is 248 g/mol. The molecule has 48 valence electrons. The Morgan fingerprint density at radius 3 is 1.25 bits per heavy atom. The Morgan fingerprint density at radius 1 is 1.00 bits per heavy atom. The van der Waals surface area contributed by atoms with E-state index in [0.29, 0.717) is 0 Å². The molecule has 0 aliphatic rings. The standard InChI is InChI=1S/C4H10O.2BrH.Mg/c1-3-5-4-2;;;/h3-4H2,1-2H3;2*1H;/q;;;+2/p-2. The van der Waals surface area contributed by atoms with E-state index in [1.54, 1.807) is 0 Å². The van der Waals surface area contributed by atoms with Crippen molar-refractivity contribution in [3.05, 3.63) is 0 Å². The van der Waals surface area contributed by atoms with E-state index in [1.165, 1.54) is 0 Å². The molecule has 0 spiro atoms. The van der Waals surface area contributed by atoms with Gasteiger partial charge in [0.05, 0.1) is 0 Å².